The molecule has 116 valence electrons. The SMILES string of the molecule is CCOC(=O)c1ccoc1CN1CCCN(C(N)=O)CC1. The van der Waals surface area contributed by atoms with Gasteiger partial charge in [-0.05, 0) is 19.4 Å². The van der Waals surface area contributed by atoms with Crippen molar-refractivity contribution in [3.63, 3.8) is 0 Å². The summed E-state index contributed by atoms with van der Waals surface area (Å²) in [5, 5.41) is 0. The lowest BCUT2D eigenvalue weighted by Crippen LogP contribution is -2.38. The number of hydrogen-bond donors (Lipinski definition) is 1. The predicted octanol–water partition coefficient (Wildman–Crippen LogP) is 1.04. The molecule has 0 aromatic carbocycles. The first kappa shape index (κ1) is 15.4. The van der Waals surface area contributed by atoms with Gasteiger partial charge in [0.1, 0.15) is 11.3 Å². The zero-order chi connectivity index (χ0) is 15.2. The quantitative estimate of drug-likeness (QED) is 0.838. The van der Waals surface area contributed by atoms with E-state index in [0.717, 1.165) is 13.0 Å². The molecule has 0 bridgehead atoms. The highest BCUT2D eigenvalue weighted by Crippen LogP contribution is 2.16. The Morgan fingerprint density at radius 2 is 2.14 bits per heavy atom. The molecule has 2 N–H and O–H groups in total. The molecule has 0 aliphatic carbocycles. The third-order valence-electron chi connectivity index (χ3n) is 3.51. The van der Waals surface area contributed by atoms with E-state index in [-0.39, 0.29) is 12.0 Å². The van der Waals surface area contributed by atoms with Gasteiger partial charge in [-0.1, -0.05) is 0 Å². The Bertz CT molecular complexity index is 500. The molecule has 0 unspecified atom stereocenters. The van der Waals surface area contributed by atoms with E-state index in [1.165, 1.54) is 6.26 Å². The van der Waals surface area contributed by atoms with Crippen LogP contribution in [-0.4, -0.2) is 54.6 Å². The van der Waals surface area contributed by atoms with Crippen LogP contribution in [-0.2, 0) is 11.3 Å². The average Bonchev–Trinajstić information content (AvgIpc) is 2.76. The molecule has 0 saturated carbocycles. The summed E-state index contributed by atoms with van der Waals surface area (Å²) in [7, 11) is 0. The molecule has 0 atom stereocenters. The Balaban J connectivity index is 1.97. The van der Waals surface area contributed by atoms with Gasteiger partial charge in [0.15, 0.2) is 0 Å². The first-order chi connectivity index (χ1) is 10.1. The Kier molecular flexibility index (Phi) is 5.21. The van der Waals surface area contributed by atoms with Crippen LogP contribution in [0.4, 0.5) is 4.79 Å². The number of esters is 1. The second-order valence-electron chi connectivity index (χ2n) is 4.93. The number of carbonyl (C=O) groups excluding carboxylic acids is 2. The monoisotopic (exact) mass is 295 g/mol. The third kappa shape index (κ3) is 3.98. The van der Waals surface area contributed by atoms with Crippen LogP contribution in [0.5, 0.6) is 0 Å². The highest BCUT2D eigenvalue weighted by atomic mass is 16.5. The van der Waals surface area contributed by atoms with E-state index >= 15 is 0 Å². The van der Waals surface area contributed by atoms with Gasteiger partial charge in [-0.15, -0.1) is 0 Å². The Morgan fingerprint density at radius 1 is 1.33 bits per heavy atom. The minimum Gasteiger partial charge on any atom is -0.467 e. The van der Waals surface area contributed by atoms with Crippen LogP contribution < -0.4 is 5.73 Å². The van der Waals surface area contributed by atoms with Crippen molar-refractivity contribution in [2.75, 3.05) is 32.8 Å². The number of carbonyl (C=O) groups is 2. The summed E-state index contributed by atoms with van der Waals surface area (Å²) in [6.07, 6.45) is 2.34. The van der Waals surface area contributed by atoms with E-state index < -0.39 is 0 Å². The van der Waals surface area contributed by atoms with Crippen molar-refractivity contribution in [3.8, 4) is 0 Å². The predicted molar refractivity (Wildman–Crippen MR) is 75.7 cm³/mol. The molecule has 2 rings (SSSR count). The number of amides is 2. The molecule has 2 heterocycles. The highest BCUT2D eigenvalue weighted by Gasteiger charge is 2.21. The first-order valence-corrected chi connectivity index (χ1v) is 7.12. The van der Waals surface area contributed by atoms with Crippen LogP contribution >= 0.6 is 0 Å². The van der Waals surface area contributed by atoms with E-state index in [4.69, 9.17) is 14.9 Å². The Hall–Kier alpha value is -2.02. The fourth-order valence-electron chi connectivity index (χ4n) is 2.41. The van der Waals surface area contributed by atoms with Crippen LogP contribution in [0.25, 0.3) is 0 Å². The van der Waals surface area contributed by atoms with Gasteiger partial charge in [0.25, 0.3) is 0 Å². The number of furan rings is 1. The summed E-state index contributed by atoms with van der Waals surface area (Å²) in [4.78, 5) is 26.8. The lowest BCUT2D eigenvalue weighted by atomic mass is 10.2. The zero-order valence-corrected chi connectivity index (χ0v) is 12.2. The molecule has 7 heteroatoms. The molecule has 21 heavy (non-hydrogen) atoms. The first-order valence-electron chi connectivity index (χ1n) is 7.12. The van der Waals surface area contributed by atoms with E-state index in [1.807, 2.05) is 0 Å². The van der Waals surface area contributed by atoms with Gasteiger partial charge in [0, 0.05) is 26.2 Å². The van der Waals surface area contributed by atoms with E-state index in [9.17, 15) is 9.59 Å². The molecule has 1 fully saturated rings. The molecule has 1 aliphatic heterocycles. The fourth-order valence-corrected chi connectivity index (χ4v) is 2.41. The van der Waals surface area contributed by atoms with Gasteiger partial charge in [0.05, 0.1) is 19.4 Å². The normalized spacial score (nSPS) is 16.5. The number of ether oxygens (including phenoxy) is 1. The molecule has 1 aromatic heterocycles. The van der Waals surface area contributed by atoms with Crippen molar-refractivity contribution in [1.82, 2.24) is 9.80 Å². The standard InChI is InChI=1S/C14H21N3O4/c1-2-20-13(18)11-4-9-21-12(11)10-16-5-3-6-17(8-7-16)14(15)19/h4,9H,2-3,5-8,10H2,1H3,(H2,15,19). The average molecular weight is 295 g/mol. The Labute approximate surface area is 123 Å². The lowest BCUT2D eigenvalue weighted by Gasteiger charge is -2.20. The molecule has 2 amide bonds. The van der Waals surface area contributed by atoms with Gasteiger partial charge >= 0.3 is 12.0 Å². The van der Waals surface area contributed by atoms with E-state index in [1.54, 1.807) is 17.9 Å². The summed E-state index contributed by atoms with van der Waals surface area (Å²) in [5.41, 5.74) is 5.77. The molecule has 1 saturated heterocycles. The highest BCUT2D eigenvalue weighted by molar-refractivity contribution is 5.90. The number of primary amides is 1. The minimum absolute atomic E-state index is 0.334. The van der Waals surface area contributed by atoms with Crippen LogP contribution in [0.1, 0.15) is 29.5 Å². The molecule has 1 aliphatic rings. The maximum Gasteiger partial charge on any atom is 0.341 e. The molecular weight excluding hydrogens is 274 g/mol. The minimum atomic E-state index is -0.387. The van der Waals surface area contributed by atoms with Crippen molar-refractivity contribution >= 4 is 12.0 Å². The van der Waals surface area contributed by atoms with Crippen molar-refractivity contribution in [3.05, 3.63) is 23.7 Å². The molecule has 1 aromatic rings. The van der Waals surface area contributed by atoms with Crippen molar-refractivity contribution in [1.29, 1.82) is 0 Å². The summed E-state index contributed by atoms with van der Waals surface area (Å²) in [6.45, 7) is 5.40. The molecule has 0 spiro atoms. The van der Waals surface area contributed by atoms with Crippen LogP contribution in [0, 0.1) is 0 Å². The van der Waals surface area contributed by atoms with Gasteiger partial charge < -0.3 is 19.8 Å². The lowest BCUT2D eigenvalue weighted by molar-refractivity contribution is 0.0522. The van der Waals surface area contributed by atoms with Crippen LogP contribution in [0.15, 0.2) is 16.7 Å². The number of nitrogens with two attached hydrogens (primary N) is 1. The topological polar surface area (TPSA) is 89.0 Å². The summed E-state index contributed by atoms with van der Waals surface area (Å²) < 4.78 is 10.4. The summed E-state index contributed by atoms with van der Waals surface area (Å²) in [6, 6.07) is 1.24. The number of hydrogen-bond acceptors (Lipinski definition) is 5. The van der Waals surface area contributed by atoms with E-state index in [2.05, 4.69) is 4.90 Å². The smallest absolute Gasteiger partial charge is 0.341 e. The van der Waals surface area contributed by atoms with Crippen molar-refractivity contribution in [2.24, 2.45) is 5.73 Å². The second kappa shape index (κ2) is 7.12. The molecular formula is C14H21N3O4. The maximum atomic E-state index is 11.8. The van der Waals surface area contributed by atoms with Crippen molar-refractivity contribution < 1.29 is 18.7 Å². The number of nitrogens with zero attached hydrogens (tertiary/aromatic N) is 2. The van der Waals surface area contributed by atoms with Crippen LogP contribution in [0.3, 0.4) is 0 Å². The summed E-state index contributed by atoms with van der Waals surface area (Å²) in [5.74, 6) is 0.232. The molecule has 7 nitrogen and oxygen atoms in total. The van der Waals surface area contributed by atoms with Crippen LogP contribution in [0.2, 0.25) is 0 Å². The maximum absolute atomic E-state index is 11.8. The largest absolute Gasteiger partial charge is 0.467 e. The fraction of sp³-hybridized carbons (Fsp3) is 0.571. The van der Waals surface area contributed by atoms with Gasteiger partial charge in [-0.25, -0.2) is 9.59 Å². The third-order valence-corrected chi connectivity index (χ3v) is 3.51. The van der Waals surface area contributed by atoms with Gasteiger partial charge in [-0.2, -0.15) is 0 Å². The number of rotatable bonds is 4. The number of urea groups is 1. The van der Waals surface area contributed by atoms with Gasteiger partial charge in [0.2, 0.25) is 0 Å². The van der Waals surface area contributed by atoms with Gasteiger partial charge in [-0.3, -0.25) is 4.90 Å². The molecule has 0 radical (unpaired) electrons. The zero-order valence-electron chi connectivity index (χ0n) is 12.2. The second-order valence-corrected chi connectivity index (χ2v) is 4.93. The van der Waals surface area contributed by atoms with Crippen molar-refractivity contribution in [2.45, 2.75) is 19.9 Å². The van der Waals surface area contributed by atoms with E-state index in [0.29, 0.717) is 44.1 Å². The summed E-state index contributed by atoms with van der Waals surface area (Å²) >= 11 is 0. The Morgan fingerprint density at radius 3 is 2.86 bits per heavy atom.